The minimum absolute atomic E-state index is 0.0682. The number of nitrogens with one attached hydrogen (secondary N) is 1. The second-order valence-corrected chi connectivity index (χ2v) is 6.70. The van der Waals surface area contributed by atoms with Gasteiger partial charge in [-0.1, -0.05) is 12.8 Å². The fourth-order valence-electron chi connectivity index (χ4n) is 4.27. The molecule has 1 aliphatic carbocycles. The Hall–Kier alpha value is -2.15. The molecular formula is C16H20N4O3. The third-order valence-electron chi connectivity index (χ3n) is 5.39. The Kier molecular flexibility index (Phi) is 3.26. The van der Waals surface area contributed by atoms with Crippen molar-refractivity contribution in [1.29, 1.82) is 0 Å². The van der Waals surface area contributed by atoms with Crippen molar-refractivity contribution >= 4 is 11.8 Å². The summed E-state index contributed by atoms with van der Waals surface area (Å²) in [5.41, 5.74) is 5.04. The number of rotatable bonds is 1. The van der Waals surface area contributed by atoms with Crippen LogP contribution in [0.5, 0.6) is 0 Å². The maximum absolute atomic E-state index is 12.9. The first-order valence-electron chi connectivity index (χ1n) is 8.16. The molecular weight excluding hydrogens is 296 g/mol. The Bertz CT molecular complexity index is 741. The van der Waals surface area contributed by atoms with Gasteiger partial charge in [0.15, 0.2) is 5.43 Å². The Morgan fingerprint density at radius 2 is 2.04 bits per heavy atom. The molecule has 0 bridgehead atoms. The monoisotopic (exact) mass is 316 g/mol. The van der Waals surface area contributed by atoms with E-state index in [0.717, 1.165) is 25.8 Å². The summed E-state index contributed by atoms with van der Waals surface area (Å²) in [5.74, 6) is -0.394. The van der Waals surface area contributed by atoms with Crippen LogP contribution in [0.25, 0.3) is 0 Å². The predicted octanol–water partition coefficient (Wildman–Crippen LogP) is -0.109. The fraction of sp³-hybridized carbons (Fsp3) is 0.562. The molecule has 2 amide bonds. The number of carbonyl (C=O) groups is 2. The van der Waals surface area contributed by atoms with Gasteiger partial charge in [-0.15, -0.1) is 0 Å². The van der Waals surface area contributed by atoms with Crippen LogP contribution in [-0.2, 0) is 6.54 Å². The average Bonchev–Trinajstić information content (AvgIpc) is 2.54. The summed E-state index contributed by atoms with van der Waals surface area (Å²) in [6, 6.07) is 1.51. The van der Waals surface area contributed by atoms with Crippen molar-refractivity contribution in [3.05, 3.63) is 33.7 Å². The van der Waals surface area contributed by atoms with Gasteiger partial charge in [0, 0.05) is 24.8 Å². The molecule has 1 aromatic heterocycles. The smallest absolute Gasteiger partial charge is 0.272 e. The number of nitrogens with two attached hydrogens (primary N) is 1. The third-order valence-corrected chi connectivity index (χ3v) is 5.39. The molecule has 2 aliphatic heterocycles. The standard InChI is InChI=1S/C16H20N4O3/c17-15(22)10-7-19-8-14-18-6-9-3-1-2-4-11(9)20(14)16(23)12(19)5-13(10)21/h5,7,9,11,14,18H,1-4,6,8H2,(H2,17,22). The SMILES string of the molecule is NC(=O)c1cn2c(cc1=O)C(=O)N1C(C2)NCC2CCCCC21. The third kappa shape index (κ3) is 2.18. The maximum Gasteiger partial charge on any atom is 0.272 e. The maximum atomic E-state index is 12.9. The van der Waals surface area contributed by atoms with Crippen LogP contribution in [0, 0.1) is 5.92 Å². The molecule has 23 heavy (non-hydrogen) atoms. The Balaban J connectivity index is 1.76. The highest BCUT2D eigenvalue weighted by Gasteiger charge is 2.44. The number of primary amides is 1. The summed E-state index contributed by atoms with van der Waals surface area (Å²) >= 11 is 0. The van der Waals surface area contributed by atoms with E-state index >= 15 is 0 Å². The average molecular weight is 316 g/mol. The van der Waals surface area contributed by atoms with Gasteiger partial charge in [0.1, 0.15) is 17.4 Å². The highest BCUT2D eigenvalue weighted by Crippen LogP contribution is 2.34. The molecule has 3 atom stereocenters. The molecule has 122 valence electrons. The highest BCUT2D eigenvalue weighted by atomic mass is 16.2. The number of fused-ring (bicyclic) bond motifs is 4. The van der Waals surface area contributed by atoms with Gasteiger partial charge in [0.25, 0.3) is 11.8 Å². The number of pyridine rings is 1. The van der Waals surface area contributed by atoms with E-state index in [9.17, 15) is 14.4 Å². The zero-order chi connectivity index (χ0) is 16.1. The summed E-state index contributed by atoms with van der Waals surface area (Å²) in [6.07, 6.45) is 5.86. The summed E-state index contributed by atoms with van der Waals surface area (Å²) in [7, 11) is 0. The van der Waals surface area contributed by atoms with Gasteiger partial charge in [-0.3, -0.25) is 19.7 Å². The van der Waals surface area contributed by atoms with Crippen LogP contribution in [0.3, 0.4) is 0 Å². The van der Waals surface area contributed by atoms with Gasteiger partial charge in [0.2, 0.25) is 0 Å². The lowest BCUT2D eigenvalue weighted by atomic mass is 9.81. The van der Waals surface area contributed by atoms with Crippen molar-refractivity contribution in [2.45, 2.75) is 44.4 Å². The van der Waals surface area contributed by atoms with E-state index in [1.165, 1.54) is 18.7 Å². The number of aromatic nitrogens is 1. The number of hydrogen-bond donors (Lipinski definition) is 2. The fourth-order valence-corrected chi connectivity index (χ4v) is 4.27. The molecule has 1 saturated heterocycles. The number of nitrogens with zero attached hydrogens (tertiary/aromatic N) is 2. The second-order valence-electron chi connectivity index (χ2n) is 6.70. The van der Waals surface area contributed by atoms with Crippen LogP contribution in [0.15, 0.2) is 17.1 Å². The lowest BCUT2D eigenvalue weighted by Gasteiger charge is -2.51. The van der Waals surface area contributed by atoms with Gasteiger partial charge >= 0.3 is 0 Å². The Morgan fingerprint density at radius 1 is 1.26 bits per heavy atom. The van der Waals surface area contributed by atoms with Crippen LogP contribution in [0.1, 0.15) is 46.5 Å². The van der Waals surface area contributed by atoms with E-state index in [2.05, 4.69) is 5.32 Å². The number of carbonyl (C=O) groups excluding carboxylic acids is 2. The van der Waals surface area contributed by atoms with Crippen molar-refractivity contribution in [2.75, 3.05) is 6.54 Å². The largest absolute Gasteiger partial charge is 0.365 e. The molecule has 4 rings (SSSR count). The van der Waals surface area contributed by atoms with Crippen molar-refractivity contribution in [2.24, 2.45) is 11.7 Å². The molecule has 3 heterocycles. The second kappa shape index (κ2) is 5.19. The molecule has 7 nitrogen and oxygen atoms in total. The molecule has 1 aromatic rings. The van der Waals surface area contributed by atoms with Crippen molar-refractivity contribution < 1.29 is 9.59 Å². The van der Waals surface area contributed by atoms with Crippen LogP contribution in [0.2, 0.25) is 0 Å². The molecule has 3 N–H and O–H groups in total. The topological polar surface area (TPSA) is 97.4 Å². The van der Waals surface area contributed by atoms with E-state index in [0.29, 0.717) is 18.2 Å². The number of hydrogen-bond acceptors (Lipinski definition) is 4. The molecule has 7 heteroatoms. The quantitative estimate of drug-likeness (QED) is 0.755. The van der Waals surface area contributed by atoms with Crippen LogP contribution in [-0.4, -0.2) is 40.0 Å². The highest BCUT2D eigenvalue weighted by molar-refractivity contribution is 5.96. The van der Waals surface area contributed by atoms with Crippen molar-refractivity contribution in [1.82, 2.24) is 14.8 Å². The van der Waals surface area contributed by atoms with Gasteiger partial charge in [-0.05, 0) is 18.8 Å². The first kappa shape index (κ1) is 14.4. The molecule has 3 unspecified atom stereocenters. The van der Waals surface area contributed by atoms with E-state index in [1.54, 1.807) is 4.57 Å². The van der Waals surface area contributed by atoms with E-state index < -0.39 is 11.3 Å². The molecule has 3 aliphatic rings. The molecule has 2 fully saturated rings. The normalized spacial score (nSPS) is 29.5. The predicted molar refractivity (Wildman–Crippen MR) is 82.9 cm³/mol. The van der Waals surface area contributed by atoms with Crippen molar-refractivity contribution in [3.63, 3.8) is 0 Å². The zero-order valence-corrected chi connectivity index (χ0v) is 12.8. The summed E-state index contributed by atoms with van der Waals surface area (Å²) in [4.78, 5) is 38.2. The van der Waals surface area contributed by atoms with Crippen LogP contribution >= 0.6 is 0 Å². The minimum atomic E-state index is -0.760. The first-order chi connectivity index (χ1) is 11.1. The van der Waals surface area contributed by atoms with Crippen molar-refractivity contribution in [3.8, 4) is 0 Å². The number of amides is 2. The summed E-state index contributed by atoms with van der Waals surface area (Å²) < 4.78 is 1.68. The lowest BCUT2D eigenvalue weighted by molar-refractivity contribution is -0.00297. The van der Waals surface area contributed by atoms with E-state index in [-0.39, 0.29) is 23.7 Å². The molecule has 1 saturated carbocycles. The lowest BCUT2D eigenvalue weighted by Crippen LogP contribution is -2.66. The van der Waals surface area contributed by atoms with E-state index in [4.69, 9.17) is 5.73 Å². The first-order valence-corrected chi connectivity index (χ1v) is 8.16. The summed E-state index contributed by atoms with van der Waals surface area (Å²) in [5, 5.41) is 3.44. The zero-order valence-electron chi connectivity index (χ0n) is 12.8. The Morgan fingerprint density at radius 3 is 2.83 bits per heavy atom. The van der Waals surface area contributed by atoms with Crippen LogP contribution < -0.4 is 16.5 Å². The molecule has 0 radical (unpaired) electrons. The summed E-state index contributed by atoms with van der Waals surface area (Å²) in [6.45, 7) is 1.45. The minimum Gasteiger partial charge on any atom is -0.365 e. The Labute approximate surface area is 133 Å². The van der Waals surface area contributed by atoms with Gasteiger partial charge in [0.05, 0.1) is 6.54 Å². The molecule has 0 spiro atoms. The van der Waals surface area contributed by atoms with E-state index in [1.807, 2.05) is 4.90 Å². The van der Waals surface area contributed by atoms with Gasteiger partial charge in [-0.25, -0.2) is 0 Å². The van der Waals surface area contributed by atoms with Crippen LogP contribution in [0.4, 0.5) is 0 Å². The van der Waals surface area contributed by atoms with Gasteiger partial charge in [-0.2, -0.15) is 0 Å². The van der Waals surface area contributed by atoms with Gasteiger partial charge < -0.3 is 15.2 Å². The molecule has 0 aromatic carbocycles.